The normalized spacial score (nSPS) is 11.0. The first-order valence-electron chi connectivity index (χ1n) is 8.50. The second kappa shape index (κ2) is 8.32. The van der Waals surface area contributed by atoms with Crippen molar-refractivity contribution < 1.29 is 4.79 Å². The summed E-state index contributed by atoms with van der Waals surface area (Å²) in [6, 6.07) is 18.0. The minimum Gasteiger partial charge on any atom is -0.342 e. The van der Waals surface area contributed by atoms with Crippen molar-refractivity contribution in [2.45, 2.75) is 22.9 Å². The summed E-state index contributed by atoms with van der Waals surface area (Å²) in [5.74, 6) is 1.55. The Labute approximate surface area is 164 Å². The van der Waals surface area contributed by atoms with Crippen LogP contribution in [0.1, 0.15) is 17.8 Å². The Morgan fingerprint density at radius 3 is 2.74 bits per heavy atom. The van der Waals surface area contributed by atoms with E-state index < -0.39 is 0 Å². The molecule has 27 heavy (non-hydrogen) atoms. The summed E-state index contributed by atoms with van der Waals surface area (Å²) in [4.78, 5) is 19.9. The van der Waals surface area contributed by atoms with Crippen LogP contribution in [-0.4, -0.2) is 26.1 Å². The molecule has 8 heteroatoms. The number of thioether (sulfide) groups is 1. The lowest BCUT2D eigenvalue weighted by Crippen LogP contribution is -2.12. The topological polar surface area (TPSA) is 83.6 Å². The third-order valence-electron chi connectivity index (χ3n) is 3.89. The number of aromatic nitrogens is 4. The van der Waals surface area contributed by atoms with Gasteiger partial charge in [-0.05, 0) is 17.7 Å². The minimum absolute atomic E-state index is 0.0915. The van der Waals surface area contributed by atoms with Gasteiger partial charge in [-0.15, -0.1) is 10.2 Å². The lowest BCUT2D eigenvalue weighted by molar-refractivity contribution is -0.116. The van der Waals surface area contributed by atoms with Crippen LogP contribution in [0.2, 0.25) is 0 Å². The molecule has 2 aromatic heterocycles. The van der Waals surface area contributed by atoms with Gasteiger partial charge in [0.2, 0.25) is 11.0 Å². The molecule has 6 nitrogen and oxygen atoms in total. The predicted octanol–water partition coefficient (Wildman–Crippen LogP) is 4.28. The molecule has 0 aliphatic rings. The second-order valence-electron chi connectivity index (χ2n) is 5.90. The van der Waals surface area contributed by atoms with Crippen molar-refractivity contribution in [1.29, 1.82) is 0 Å². The van der Waals surface area contributed by atoms with Crippen molar-refractivity contribution in [2.75, 3.05) is 5.32 Å². The van der Waals surface area contributed by atoms with Gasteiger partial charge in [-0.3, -0.25) is 4.79 Å². The van der Waals surface area contributed by atoms with Gasteiger partial charge in [0.05, 0.1) is 11.0 Å². The fraction of sp³-hybridized carbons (Fsp3) is 0.158. The number of carbonyl (C=O) groups excluding carboxylic acids is 1. The third kappa shape index (κ3) is 4.72. The number of fused-ring (bicyclic) bond motifs is 1. The van der Waals surface area contributed by atoms with Crippen LogP contribution < -0.4 is 5.32 Å². The van der Waals surface area contributed by atoms with Crippen LogP contribution in [-0.2, 0) is 17.0 Å². The van der Waals surface area contributed by atoms with E-state index in [9.17, 15) is 4.79 Å². The summed E-state index contributed by atoms with van der Waals surface area (Å²) in [5.41, 5.74) is 3.13. The molecule has 0 aliphatic heterocycles. The highest BCUT2D eigenvalue weighted by atomic mass is 32.2. The summed E-state index contributed by atoms with van der Waals surface area (Å²) in [6.07, 6.45) is 0.890. The quantitative estimate of drug-likeness (QED) is 0.360. The Balaban J connectivity index is 1.27. The standard InChI is InChI=1S/C19H17N5OS2/c25-17(11-10-16-20-14-8-4-5-9-15(14)21-16)22-18-23-24-19(27-18)26-12-13-6-2-1-3-7-13/h1-9H,10-12H2,(H,20,21)(H,22,23,25). The average Bonchev–Trinajstić information content (AvgIpc) is 3.32. The fourth-order valence-electron chi connectivity index (χ4n) is 2.58. The molecule has 0 unspecified atom stereocenters. The van der Waals surface area contributed by atoms with E-state index in [4.69, 9.17) is 0 Å². The molecule has 0 fully saturated rings. The summed E-state index contributed by atoms with van der Waals surface area (Å²) in [7, 11) is 0. The summed E-state index contributed by atoms with van der Waals surface area (Å²) < 4.78 is 0.839. The molecule has 0 radical (unpaired) electrons. The number of hydrogen-bond acceptors (Lipinski definition) is 6. The molecule has 2 aromatic carbocycles. The number of rotatable bonds is 7. The monoisotopic (exact) mass is 395 g/mol. The highest BCUT2D eigenvalue weighted by Crippen LogP contribution is 2.28. The predicted molar refractivity (Wildman–Crippen MR) is 109 cm³/mol. The van der Waals surface area contributed by atoms with Crippen molar-refractivity contribution in [3.63, 3.8) is 0 Å². The van der Waals surface area contributed by atoms with Gasteiger partial charge in [0.25, 0.3) is 0 Å². The Morgan fingerprint density at radius 2 is 1.89 bits per heavy atom. The first kappa shape index (κ1) is 17.7. The first-order chi connectivity index (χ1) is 13.3. The molecule has 0 saturated heterocycles. The van der Waals surface area contributed by atoms with Crippen LogP contribution in [0.4, 0.5) is 5.13 Å². The summed E-state index contributed by atoms with van der Waals surface area (Å²) in [6.45, 7) is 0. The maximum atomic E-state index is 12.2. The molecular formula is C19H17N5OS2. The maximum Gasteiger partial charge on any atom is 0.226 e. The van der Waals surface area contributed by atoms with Gasteiger partial charge in [0.1, 0.15) is 5.82 Å². The number of hydrogen-bond donors (Lipinski definition) is 2. The molecule has 0 aliphatic carbocycles. The number of carbonyl (C=O) groups is 1. The van der Waals surface area contributed by atoms with Gasteiger partial charge < -0.3 is 10.3 Å². The number of aryl methyl sites for hydroxylation is 1. The summed E-state index contributed by atoms with van der Waals surface area (Å²) >= 11 is 3.00. The van der Waals surface area contributed by atoms with Crippen molar-refractivity contribution in [2.24, 2.45) is 0 Å². The number of nitrogens with one attached hydrogen (secondary N) is 2. The van der Waals surface area contributed by atoms with Crippen LogP contribution in [0.25, 0.3) is 11.0 Å². The number of amides is 1. The van der Waals surface area contributed by atoms with Crippen molar-refractivity contribution in [1.82, 2.24) is 20.2 Å². The number of benzene rings is 2. The van der Waals surface area contributed by atoms with E-state index in [-0.39, 0.29) is 5.91 Å². The Bertz CT molecular complexity index is 1010. The molecule has 4 rings (SSSR count). The third-order valence-corrected chi connectivity index (χ3v) is 5.93. The van der Waals surface area contributed by atoms with Crippen molar-refractivity contribution in [3.05, 3.63) is 66.0 Å². The average molecular weight is 396 g/mol. The van der Waals surface area contributed by atoms with E-state index in [2.05, 4.69) is 37.6 Å². The van der Waals surface area contributed by atoms with Gasteiger partial charge in [-0.2, -0.15) is 0 Å². The molecule has 0 bridgehead atoms. The largest absolute Gasteiger partial charge is 0.342 e. The Morgan fingerprint density at radius 1 is 1.07 bits per heavy atom. The molecule has 136 valence electrons. The number of aromatic amines is 1. The Hall–Kier alpha value is -2.71. The van der Waals surface area contributed by atoms with Crippen LogP contribution >= 0.6 is 23.1 Å². The molecule has 1 amide bonds. The van der Waals surface area contributed by atoms with Crippen LogP contribution in [0.15, 0.2) is 58.9 Å². The molecule has 0 spiro atoms. The number of imidazole rings is 1. The zero-order valence-corrected chi connectivity index (χ0v) is 16.0. The number of anilines is 1. The zero-order chi connectivity index (χ0) is 18.5. The molecule has 0 atom stereocenters. The fourth-order valence-corrected chi connectivity index (χ4v) is 4.30. The van der Waals surface area contributed by atoms with E-state index in [0.29, 0.717) is 18.0 Å². The number of H-pyrrole nitrogens is 1. The van der Waals surface area contributed by atoms with Crippen LogP contribution in [0, 0.1) is 0 Å². The molecule has 4 aromatic rings. The number of para-hydroxylation sites is 2. The SMILES string of the molecule is O=C(CCc1nc2ccccc2[nH]1)Nc1nnc(SCc2ccccc2)s1. The van der Waals surface area contributed by atoms with E-state index in [0.717, 1.165) is 27.0 Å². The molecule has 2 heterocycles. The zero-order valence-electron chi connectivity index (χ0n) is 14.4. The van der Waals surface area contributed by atoms with Gasteiger partial charge in [0.15, 0.2) is 4.34 Å². The van der Waals surface area contributed by atoms with E-state index >= 15 is 0 Å². The Kier molecular flexibility index (Phi) is 5.45. The lowest BCUT2D eigenvalue weighted by Gasteiger charge is -1.99. The molecule has 0 saturated carbocycles. The lowest BCUT2D eigenvalue weighted by atomic mass is 10.2. The van der Waals surface area contributed by atoms with Crippen LogP contribution in [0.3, 0.4) is 0 Å². The molecular weight excluding hydrogens is 378 g/mol. The maximum absolute atomic E-state index is 12.2. The highest BCUT2D eigenvalue weighted by molar-refractivity contribution is 8.00. The smallest absolute Gasteiger partial charge is 0.226 e. The van der Waals surface area contributed by atoms with E-state index in [1.54, 1.807) is 11.8 Å². The molecule has 2 N–H and O–H groups in total. The van der Waals surface area contributed by atoms with Gasteiger partial charge in [-0.25, -0.2) is 4.98 Å². The highest BCUT2D eigenvalue weighted by Gasteiger charge is 2.10. The van der Waals surface area contributed by atoms with Gasteiger partial charge >= 0.3 is 0 Å². The second-order valence-corrected chi connectivity index (χ2v) is 8.10. The van der Waals surface area contributed by atoms with Gasteiger partial charge in [-0.1, -0.05) is 65.6 Å². The van der Waals surface area contributed by atoms with Gasteiger partial charge in [0, 0.05) is 18.6 Å². The van der Waals surface area contributed by atoms with Crippen molar-refractivity contribution >= 4 is 45.2 Å². The van der Waals surface area contributed by atoms with E-state index in [1.807, 2.05) is 42.5 Å². The number of nitrogens with zero attached hydrogens (tertiary/aromatic N) is 3. The first-order valence-corrected chi connectivity index (χ1v) is 10.3. The van der Waals surface area contributed by atoms with Crippen LogP contribution in [0.5, 0.6) is 0 Å². The van der Waals surface area contributed by atoms with E-state index in [1.165, 1.54) is 16.9 Å². The minimum atomic E-state index is -0.0915. The van der Waals surface area contributed by atoms with Crippen molar-refractivity contribution in [3.8, 4) is 0 Å². The summed E-state index contributed by atoms with van der Waals surface area (Å²) in [5, 5.41) is 11.5.